The van der Waals surface area contributed by atoms with Crippen molar-refractivity contribution in [3.63, 3.8) is 0 Å². The van der Waals surface area contributed by atoms with Crippen LogP contribution in [-0.2, 0) is 27.1 Å². The first-order valence-electron chi connectivity index (χ1n) is 6.26. The molecular weight excluding hydrogens is 264 g/mol. The Bertz CT molecular complexity index is 475. The lowest BCUT2D eigenvalue weighted by Crippen LogP contribution is -2.26. The average Bonchev–Trinajstić information content (AvgIpc) is 2.35. The Morgan fingerprint density at radius 2 is 2.00 bits per heavy atom. The molecule has 0 spiro atoms. The van der Waals surface area contributed by atoms with Gasteiger partial charge < -0.3 is 10.1 Å². The quantitative estimate of drug-likeness (QED) is 0.661. The van der Waals surface area contributed by atoms with E-state index in [1.54, 1.807) is 7.11 Å². The van der Waals surface area contributed by atoms with Crippen LogP contribution in [0, 0.1) is 0 Å². The fraction of sp³-hybridized carbons (Fsp3) is 0.538. The number of hydrogen-bond donors (Lipinski definition) is 2. The zero-order chi connectivity index (χ0) is 14.1. The van der Waals surface area contributed by atoms with E-state index in [4.69, 9.17) is 4.74 Å². The first-order chi connectivity index (χ1) is 9.07. The molecule has 0 amide bonds. The summed E-state index contributed by atoms with van der Waals surface area (Å²) in [6.45, 7) is 1.70. The van der Waals surface area contributed by atoms with Gasteiger partial charge in [-0.1, -0.05) is 24.3 Å². The molecule has 2 N–H and O–H groups in total. The second-order valence-electron chi connectivity index (χ2n) is 4.35. The molecule has 0 aliphatic heterocycles. The van der Waals surface area contributed by atoms with Gasteiger partial charge in [-0.3, -0.25) is 0 Å². The van der Waals surface area contributed by atoms with Gasteiger partial charge >= 0.3 is 0 Å². The average molecular weight is 286 g/mol. The molecule has 0 saturated heterocycles. The highest BCUT2D eigenvalue weighted by atomic mass is 32.2. The van der Waals surface area contributed by atoms with Gasteiger partial charge in [-0.2, -0.15) is 0 Å². The van der Waals surface area contributed by atoms with E-state index in [2.05, 4.69) is 10.0 Å². The van der Waals surface area contributed by atoms with E-state index < -0.39 is 10.0 Å². The largest absolute Gasteiger partial charge is 0.385 e. The van der Waals surface area contributed by atoms with Crippen molar-refractivity contribution < 1.29 is 13.2 Å². The predicted octanol–water partition coefficient (Wildman–Crippen LogP) is 0.862. The molecule has 1 aromatic rings. The molecule has 0 unspecified atom stereocenters. The lowest BCUT2D eigenvalue weighted by Gasteiger charge is -2.08. The van der Waals surface area contributed by atoms with Crippen molar-refractivity contribution in [2.24, 2.45) is 0 Å². The van der Waals surface area contributed by atoms with Crippen LogP contribution in [0.4, 0.5) is 0 Å². The van der Waals surface area contributed by atoms with E-state index in [1.807, 2.05) is 31.3 Å². The SMILES string of the molecule is CNCc1cccc(CS(=O)(=O)NCCCOC)c1. The maximum Gasteiger partial charge on any atom is 0.215 e. The summed E-state index contributed by atoms with van der Waals surface area (Å²) in [5.41, 5.74) is 1.88. The number of rotatable bonds is 9. The molecule has 0 aliphatic rings. The monoisotopic (exact) mass is 286 g/mol. The van der Waals surface area contributed by atoms with Crippen LogP contribution in [0.3, 0.4) is 0 Å². The van der Waals surface area contributed by atoms with Crippen LogP contribution >= 0.6 is 0 Å². The molecule has 0 saturated carbocycles. The van der Waals surface area contributed by atoms with E-state index in [-0.39, 0.29) is 5.75 Å². The van der Waals surface area contributed by atoms with Crippen LogP contribution < -0.4 is 10.0 Å². The first kappa shape index (κ1) is 16.1. The summed E-state index contributed by atoms with van der Waals surface area (Å²) in [5.74, 6) is 0.0114. The van der Waals surface area contributed by atoms with E-state index in [1.165, 1.54) is 0 Å². The van der Waals surface area contributed by atoms with Gasteiger partial charge in [-0.15, -0.1) is 0 Å². The highest BCUT2D eigenvalue weighted by Crippen LogP contribution is 2.08. The molecule has 19 heavy (non-hydrogen) atoms. The molecule has 0 fully saturated rings. The molecule has 0 heterocycles. The fourth-order valence-corrected chi connectivity index (χ4v) is 2.92. The molecule has 0 aromatic heterocycles. The van der Waals surface area contributed by atoms with E-state index in [9.17, 15) is 8.42 Å². The summed E-state index contributed by atoms with van der Waals surface area (Å²) < 4.78 is 31.2. The smallest absolute Gasteiger partial charge is 0.215 e. The highest BCUT2D eigenvalue weighted by molar-refractivity contribution is 7.88. The van der Waals surface area contributed by atoms with Crippen molar-refractivity contribution in [2.75, 3.05) is 27.3 Å². The Balaban J connectivity index is 2.54. The molecule has 0 bridgehead atoms. The van der Waals surface area contributed by atoms with Gasteiger partial charge in [0.25, 0.3) is 0 Å². The number of hydrogen-bond acceptors (Lipinski definition) is 4. The molecule has 1 aromatic carbocycles. The standard InChI is InChI=1S/C13H22N2O3S/c1-14-10-12-5-3-6-13(9-12)11-19(16,17)15-7-4-8-18-2/h3,5-6,9,14-15H,4,7-8,10-11H2,1-2H3. The van der Waals surface area contributed by atoms with Crippen LogP contribution in [-0.4, -0.2) is 35.7 Å². The summed E-state index contributed by atoms with van der Waals surface area (Å²) in [6.07, 6.45) is 0.676. The number of sulfonamides is 1. The van der Waals surface area contributed by atoms with Gasteiger partial charge in [0.15, 0.2) is 0 Å². The number of ether oxygens (including phenoxy) is 1. The van der Waals surface area contributed by atoms with Crippen LogP contribution in [0.15, 0.2) is 24.3 Å². The van der Waals surface area contributed by atoms with E-state index in [0.717, 1.165) is 17.7 Å². The van der Waals surface area contributed by atoms with Gasteiger partial charge in [0.1, 0.15) is 0 Å². The molecule has 5 nitrogen and oxygen atoms in total. The Kier molecular flexibility index (Phi) is 7.01. The summed E-state index contributed by atoms with van der Waals surface area (Å²) in [4.78, 5) is 0. The van der Waals surface area contributed by atoms with E-state index in [0.29, 0.717) is 19.6 Å². The van der Waals surface area contributed by atoms with Crippen LogP contribution in [0.1, 0.15) is 17.5 Å². The maximum absolute atomic E-state index is 11.9. The highest BCUT2D eigenvalue weighted by Gasteiger charge is 2.10. The molecule has 0 atom stereocenters. The lowest BCUT2D eigenvalue weighted by atomic mass is 10.1. The first-order valence-corrected chi connectivity index (χ1v) is 7.91. The minimum atomic E-state index is -3.27. The van der Waals surface area contributed by atoms with Gasteiger partial charge in [-0.05, 0) is 24.6 Å². The second kappa shape index (κ2) is 8.27. The topological polar surface area (TPSA) is 67.4 Å². The van der Waals surface area contributed by atoms with Crippen LogP contribution in [0.25, 0.3) is 0 Å². The maximum atomic E-state index is 11.9. The van der Waals surface area contributed by atoms with Gasteiger partial charge in [-0.25, -0.2) is 13.1 Å². The Hall–Kier alpha value is -0.950. The van der Waals surface area contributed by atoms with Crippen molar-refractivity contribution in [3.8, 4) is 0 Å². The number of nitrogens with one attached hydrogen (secondary N) is 2. The predicted molar refractivity (Wildman–Crippen MR) is 76.3 cm³/mol. The molecule has 6 heteroatoms. The van der Waals surface area contributed by atoms with E-state index >= 15 is 0 Å². The zero-order valence-electron chi connectivity index (χ0n) is 11.5. The summed E-state index contributed by atoms with van der Waals surface area (Å²) in [5, 5.41) is 3.04. The Morgan fingerprint density at radius 3 is 2.68 bits per heavy atom. The van der Waals surface area contributed by atoms with Crippen molar-refractivity contribution in [1.29, 1.82) is 0 Å². The Morgan fingerprint density at radius 1 is 1.26 bits per heavy atom. The molecule has 1 rings (SSSR count). The second-order valence-corrected chi connectivity index (χ2v) is 6.16. The third-order valence-corrected chi connectivity index (χ3v) is 3.93. The molecule has 108 valence electrons. The van der Waals surface area contributed by atoms with Crippen molar-refractivity contribution in [1.82, 2.24) is 10.0 Å². The van der Waals surface area contributed by atoms with Crippen LogP contribution in [0.2, 0.25) is 0 Å². The van der Waals surface area contributed by atoms with Crippen molar-refractivity contribution in [3.05, 3.63) is 35.4 Å². The van der Waals surface area contributed by atoms with Gasteiger partial charge in [0.05, 0.1) is 5.75 Å². The normalized spacial score (nSPS) is 11.7. The Labute approximate surface area is 115 Å². The minimum Gasteiger partial charge on any atom is -0.385 e. The minimum absolute atomic E-state index is 0.0114. The van der Waals surface area contributed by atoms with Gasteiger partial charge in [0.2, 0.25) is 10.0 Å². The third kappa shape index (κ3) is 6.68. The summed E-state index contributed by atoms with van der Waals surface area (Å²) >= 11 is 0. The van der Waals surface area contributed by atoms with Gasteiger partial charge in [0, 0.05) is 26.8 Å². The molecule has 0 radical (unpaired) electrons. The van der Waals surface area contributed by atoms with Crippen LogP contribution in [0.5, 0.6) is 0 Å². The zero-order valence-corrected chi connectivity index (χ0v) is 12.3. The summed E-state index contributed by atoms with van der Waals surface area (Å²) in [6, 6.07) is 7.58. The number of methoxy groups -OCH3 is 1. The molecular formula is C13H22N2O3S. The van der Waals surface area contributed by atoms with Crippen molar-refractivity contribution >= 4 is 10.0 Å². The van der Waals surface area contributed by atoms with Crippen molar-refractivity contribution in [2.45, 2.75) is 18.7 Å². The summed E-state index contributed by atoms with van der Waals surface area (Å²) in [7, 11) is 0.188. The fourth-order valence-electron chi connectivity index (χ4n) is 1.75. The number of benzene rings is 1. The molecule has 0 aliphatic carbocycles. The lowest BCUT2D eigenvalue weighted by molar-refractivity contribution is 0.196. The third-order valence-electron chi connectivity index (χ3n) is 2.58.